The molecule has 3 nitrogen and oxygen atoms in total. The predicted molar refractivity (Wildman–Crippen MR) is 91.5 cm³/mol. The van der Waals surface area contributed by atoms with Crippen LogP contribution in [-0.2, 0) is 11.2 Å². The summed E-state index contributed by atoms with van der Waals surface area (Å²) in [6, 6.07) is 15.9. The molecule has 1 N–H and O–H groups in total. The van der Waals surface area contributed by atoms with E-state index in [2.05, 4.69) is 24.3 Å². The van der Waals surface area contributed by atoms with Gasteiger partial charge in [0.2, 0.25) is 5.91 Å². The van der Waals surface area contributed by atoms with Gasteiger partial charge in [-0.3, -0.25) is 4.79 Å². The highest BCUT2D eigenvalue weighted by atomic mass is 16.3. The molecule has 0 spiro atoms. The number of piperidine rings is 1. The average molecular weight is 309 g/mol. The fourth-order valence-corrected chi connectivity index (χ4v) is 3.25. The number of nitrogens with zero attached hydrogens (tertiary/aromatic N) is 1. The molecule has 120 valence electrons. The van der Waals surface area contributed by atoms with Gasteiger partial charge in [-0.25, -0.2) is 0 Å². The maximum absolute atomic E-state index is 12.6. The van der Waals surface area contributed by atoms with Crippen LogP contribution in [0.1, 0.15) is 35.4 Å². The molecule has 1 atom stereocenters. The van der Waals surface area contributed by atoms with Gasteiger partial charge in [0.25, 0.3) is 0 Å². The molecule has 1 heterocycles. The molecule has 0 bridgehead atoms. The van der Waals surface area contributed by atoms with Crippen LogP contribution >= 0.6 is 0 Å². The molecule has 0 aromatic heterocycles. The van der Waals surface area contributed by atoms with Crippen LogP contribution in [-0.4, -0.2) is 29.0 Å². The Morgan fingerprint density at radius 3 is 2.74 bits per heavy atom. The van der Waals surface area contributed by atoms with Gasteiger partial charge in [0, 0.05) is 19.0 Å². The van der Waals surface area contributed by atoms with Crippen LogP contribution in [0.3, 0.4) is 0 Å². The summed E-state index contributed by atoms with van der Waals surface area (Å²) in [6.45, 7) is 3.48. The summed E-state index contributed by atoms with van der Waals surface area (Å²) in [6.07, 6.45) is 2.54. The van der Waals surface area contributed by atoms with Gasteiger partial charge in [-0.15, -0.1) is 0 Å². The van der Waals surface area contributed by atoms with Gasteiger partial charge in [0.15, 0.2) is 0 Å². The lowest BCUT2D eigenvalue weighted by Gasteiger charge is -2.33. The Bertz CT molecular complexity index is 681. The number of phenolic OH excluding ortho intramolecular Hbond substituents is 1. The van der Waals surface area contributed by atoms with E-state index in [9.17, 15) is 9.90 Å². The zero-order chi connectivity index (χ0) is 16.2. The highest BCUT2D eigenvalue weighted by molar-refractivity contribution is 5.79. The third-order valence-corrected chi connectivity index (χ3v) is 4.67. The third kappa shape index (κ3) is 3.73. The summed E-state index contributed by atoms with van der Waals surface area (Å²) < 4.78 is 0. The molecule has 23 heavy (non-hydrogen) atoms. The van der Waals surface area contributed by atoms with Crippen molar-refractivity contribution < 1.29 is 9.90 Å². The van der Waals surface area contributed by atoms with Crippen LogP contribution in [0.5, 0.6) is 5.75 Å². The fraction of sp³-hybridized carbons (Fsp3) is 0.350. The molecule has 0 saturated carbocycles. The minimum absolute atomic E-state index is 0.147. The van der Waals surface area contributed by atoms with Gasteiger partial charge in [0.05, 0.1) is 6.42 Å². The van der Waals surface area contributed by atoms with Crippen molar-refractivity contribution in [2.24, 2.45) is 0 Å². The van der Waals surface area contributed by atoms with E-state index in [4.69, 9.17) is 0 Å². The Kier molecular flexibility index (Phi) is 4.65. The van der Waals surface area contributed by atoms with Gasteiger partial charge >= 0.3 is 0 Å². The van der Waals surface area contributed by atoms with Gasteiger partial charge in [-0.2, -0.15) is 0 Å². The number of hydrogen-bond donors (Lipinski definition) is 1. The molecule has 2 aromatic rings. The number of phenols is 1. The first-order valence-electron chi connectivity index (χ1n) is 8.24. The fourth-order valence-electron chi connectivity index (χ4n) is 3.25. The Balaban J connectivity index is 1.66. The molecule has 3 rings (SSSR count). The second kappa shape index (κ2) is 6.86. The summed E-state index contributed by atoms with van der Waals surface area (Å²) in [5.74, 6) is 0.838. The van der Waals surface area contributed by atoms with Crippen LogP contribution in [0.2, 0.25) is 0 Å². The van der Waals surface area contributed by atoms with E-state index in [1.165, 1.54) is 5.56 Å². The van der Waals surface area contributed by atoms with Crippen molar-refractivity contribution in [3.63, 3.8) is 0 Å². The first kappa shape index (κ1) is 15.6. The smallest absolute Gasteiger partial charge is 0.227 e. The van der Waals surface area contributed by atoms with Crippen molar-refractivity contribution in [1.29, 1.82) is 0 Å². The lowest BCUT2D eigenvalue weighted by Crippen LogP contribution is -2.39. The lowest BCUT2D eigenvalue weighted by atomic mass is 9.90. The van der Waals surface area contributed by atoms with E-state index in [0.29, 0.717) is 12.3 Å². The van der Waals surface area contributed by atoms with E-state index in [1.807, 2.05) is 30.0 Å². The lowest BCUT2D eigenvalue weighted by molar-refractivity contribution is -0.131. The SMILES string of the molecule is Cc1ccc(CC(=O)N2CCCC(c3ccccc3)C2)cc1O. The molecule has 1 aliphatic heterocycles. The molecule has 1 saturated heterocycles. The minimum atomic E-state index is 0.147. The molecule has 1 aliphatic rings. The Morgan fingerprint density at radius 1 is 1.22 bits per heavy atom. The summed E-state index contributed by atoms with van der Waals surface area (Å²) >= 11 is 0. The third-order valence-electron chi connectivity index (χ3n) is 4.67. The molecule has 3 heteroatoms. The molecule has 0 aliphatic carbocycles. The van der Waals surface area contributed by atoms with Crippen LogP contribution in [0.4, 0.5) is 0 Å². The standard InChI is InChI=1S/C20H23NO2/c1-15-9-10-16(12-19(15)22)13-20(23)21-11-5-8-18(14-21)17-6-3-2-4-7-17/h2-4,6-7,9-10,12,18,22H,5,8,11,13-14H2,1H3. The molecular formula is C20H23NO2. The molecule has 1 fully saturated rings. The van der Waals surface area contributed by atoms with Gasteiger partial charge in [-0.1, -0.05) is 42.5 Å². The largest absolute Gasteiger partial charge is 0.508 e. The minimum Gasteiger partial charge on any atom is -0.508 e. The number of rotatable bonds is 3. The summed E-state index contributed by atoms with van der Waals surface area (Å²) in [7, 11) is 0. The number of amides is 1. The zero-order valence-corrected chi connectivity index (χ0v) is 13.5. The Hall–Kier alpha value is -2.29. The number of likely N-dealkylation sites (tertiary alicyclic amines) is 1. The average Bonchev–Trinajstić information content (AvgIpc) is 2.59. The van der Waals surface area contributed by atoms with E-state index < -0.39 is 0 Å². The molecule has 1 amide bonds. The van der Waals surface area contributed by atoms with Crippen molar-refractivity contribution >= 4 is 5.91 Å². The first-order valence-corrected chi connectivity index (χ1v) is 8.24. The quantitative estimate of drug-likeness (QED) is 0.940. The molecule has 2 aromatic carbocycles. The van der Waals surface area contributed by atoms with E-state index in [-0.39, 0.29) is 11.7 Å². The number of aromatic hydroxyl groups is 1. The highest BCUT2D eigenvalue weighted by Gasteiger charge is 2.24. The van der Waals surface area contributed by atoms with Crippen molar-refractivity contribution in [1.82, 2.24) is 4.90 Å². The van der Waals surface area contributed by atoms with Crippen LogP contribution in [0.25, 0.3) is 0 Å². The summed E-state index contributed by atoms with van der Waals surface area (Å²) in [5.41, 5.74) is 3.03. The number of aryl methyl sites for hydroxylation is 1. The van der Waals surface area contributed by atoms with Gasteiger partial charge in [0.1, 0.15) is 5.75 Å². The number of carbonyl (C=O) groups is 1. The second-order valence-electron chi connectivity index (χ2n) is 6.39. The number of benzene rings is 2. The normalized spacial score (nSPS) is 18.0. The molecule has 1 unspecified atom stereocenters. The number of carbonyl (C=O) groups excluding carboxylic acids is 1. The van der Waals surface area contributed by atoms with Crippen molar-refractivity contribution in [2.75, 3.05) is 13.1 Å². The maximum Gasteiger partial charge on any atom is 0.227 e. The van der Waals surface area contributed by atoms with Crippen LogP contribution in [0, 0.1) is 6.92 Å². The Labute approximate surface area is 137 Å². The van der Waals surface area contributed by atoms with E-state index in [1.54, 1.807) is 6.07 Å². The van der Waals surface area contributed by atoms with E-state index >= 15 is 0 Å². The van der Waals surface area contributed by atoms with E-state index in [0.717, 1.165) is 37.1 Å². The van der Waals surface area contributed by atoms with Crippen molar-refractivity contribution in [3.8, 4) is 5.75 Å². The van der Waals surface area contributed by atoms with Crippen molar-refractivity contribution in [3.05, 3.63) is 65.2 Å². The van der Waals surface area contributed by atoms with Crippen LogP contribution < -0.4 is 0 Å². The number of hydrogen-bond acceptors (Lipinski definition) is 2. The second-order valence-corrected chi connectivity index (χ2v) is 6.39. The highest BCUT2D eigenvalue weighted by Crippen LogP contribution is 2.27. The van der Waals surface area contributed by atoms with Crippen LogP contribution in [0.15, 0.2) is 48.5 Å². The zero-order valence-electron chi connectivity index (χ0n) is 13.5. The topological polar surface area (TPSA) is 40.5 Å². The Morgan fingerprint density at radius 2 is 2.00 bits per heavy atom. The molecule has 0 radical (unpaired) electrons. The maximum atomic E-state index is 12.6. The monoisotopic (exact) mass is 309 g/mol. The molecular weight excluding hydrogens is 286 g/mol. The summed E-state index contributed by atoms with van der Waals surface area (Å²) in [5, 5.41) is 9.79. The summed E-state index contributed by atoms with van der Waals surface area (Å²) in [4.78, 5) is 14.6. The first-order chi connectivity index (χ1) is 11.1. The predicted octanol–water partition coefficient (Wildman–Crippen LogP) is 3.65. The van der Waals surface area contributed by atoms with Gasteiger partial charge in [-0.05, 0) is 42.5 Å². The van der Waals surface area contributed by atoms with Crippen molar-refractivity contribution in [2.45, 2.75) is 32.1 Å². The van der Waals surface area contributed by atoms with Gasteiger partial charge < -0.3 is 10.0 Å².